The Morgan fingerprint density at radius 1 is 1.15 bits per heavy atom. The lowest BCUT2D eigenvalue weighted by Crippen LogP contribution is -2.31. The molecule has 34 heavy (non-hydrogen) atoms. The van der Waals surface area contributed by atoms with Crippen LogP contribution in [0.2, 0.25) is 0 Å². The number of ether oxygens (including phenoxy) is 2. The summed E-state index contributed by atoms with van der Waals surface area (Å²) in [6.07, 6.45) is 0. The number of Topliss-reactive ketones (excluding diaryl/α,β-unsaturated/α-hetero) is 1. The molecule has 0 aliphatic carbocycles. The molecule has 1 atom stereocenters. The number of para-hydroxylation sites is 1. The van der Waals surface area contributed by atoms with Crippen molar-refractivity contribution >= 4 is 28.7 Å². The minimum atomic E-state index is -1.00. The molecule has 8 nitrogen and oxygen atoms in total. The van der Waals surface area contributed by atoms with Crippen molar-refractivity contribution in [2.75, 3.05) is 19.1 Å². The lowest BCUT2D eigenvalue weighted by Gasteiger charge is -2.28. The normalized spacial score (nSPS) is 15.4. The third-order valence-corrected chi connectivity index (χ3v) is 6.64. The number of ketones is 1. The predicted octanol–water partition coefficient (Wildman–Crippen LogP) is 4.43. The summed E-state index contributed by atoms with van der Waals surface area (Å²) >= 11 is 1.20. The minimum Gasteiger partial charge on any atom is -0.503 e. The fourth-order valence-electron chi connectivity index (χ4n) is 4.09. The summed E-state index contributed by atoms with van der Waals surface area (Å²) in [5.74, 6) is -1.12. The van der Waals surface area contributed by atoms with Gasteiger partial charge >= 0.3 is 0 Å². The number of anilines is 1. The average Bonchev–Trinajstić information content (AvgIpc) is 3.32. The van der Waals surface area contributed by atoms with Crippen molar-refractivity contribution in [1.29, 1.82) is 5.26 Å². The zero-order valence-corrected chi connectivity index (χ0v) is 19.8. The van der Waals surface area contributed by atoms with E-state index in [0.717, 1.165) is 0 Å². The first kappa shape index (κ1) is 23.0. The van der Waals surface area contributed by atoms with Crippen LogP contribution in [0, 0.1) is 25.2 Å². The van der Waals surface area contributed by atoms with Gasteiger partial charge < -0.3 is 14.6 Å². The number of nitriles is 1. The maximum atomic E-state index is 13.7. The highest BCUT2D eigenvalue weighted by Crippen LogP contribution is 2.47. The third kappa shape index (κ3) is 3.68. The van der Waals surface area contributed by atoms with Gasteiger partial charge in [-0.3, -0.25) is 14.5 Å². The summed E-state index contributed by atoms with van der Waals surface area (Å²) in [4.78, 5) is 33.1. The number of aliphatic hydroxyl groups is 1. The number of rotatable bonds is 6. The lowest BCUT2D eigenvalue weighted by atomic mass is 9.93. The van der Waals surface area contributed by atoms with E-state index in [2.05, 4.69) is 4.98 Å². The second kappa shape index (κ2) is 9.00. The SMILES string of the molecule is COc1cccc(C2C(C(=O)c3sc(C)nc3C)=C(O)C(=O)N2c2ccc(C#N)cc2)c1OC. The molecule has 172 valence electrons. The van der Waals surface area contributed by atoms with E-state index in [4.69, 9.17) is 14.7 Å². The number of carbonyl (C=O) groups is 2. The standard InChI is InChI=1S/C25H21N3O5S/c1-13-24(34-14(2)27-13)21(29)19-20(17-6-5-7-18(32-3)23(17)33-4)28(25(31)22(19)30)16-10-8-15(12-26)9-11-16/h5-11,20,30H,1-4H3. The van der Waals surface area contributed by atoms with Gasteiger partial charge in [0.25, 0.3) is 5.91 Å². The van der Waals surface area contributed by atoms with E-state index in [9.17, 15) is 14.7 Å². The zero-order chi connectivity index (χ0) is 24.6. The summed E-state index contributed by atoms with van der Waals surface area (Å²) in [6, 6.07) is 12.5. The molecule has 1 aromatic heterocycles. The van der Waals surface area contributed by atoms with Gasteiger partial charge in [0.05, 0.1) is 53.0 Å². The third-order valence-electron chi connectivity index (χ3n) is 5.57. The van der Waals surface area contributed by atoms with Crippen LogP contribution in [-0.2, 0) is 4.79 Å². The van der Waals surface area contributed by atoms with Gasteiger partial charge in [0.15, 0.2) is 17.3 Å². The number of carbonyl (C=O) groups excluding carboxylic acids is 2. The number of thiazole rings is 1. The Morgan fingerprint density at radius 2 is 1.85 bits per heavy atom. The molecule has 0 fully saturated rings. The Hall–Kier alpha value is -4.16. The number of hydrogen-bond donors (Lipinski definition) is 1. The highest BCUT2D eigenvalue weighted by atomic mass is 32.1. The molecule has 0 saturated heterocycles. The highest BCUT2D eigenvalue weighted by molar-refractivity contribution is 7.14. The molecule has 1 aliphatic rings. The van der Waals surface area contributed by atoms with Crippen molar-refractivity contribution in [1.82, 2.24) is 4.98 Å². The zero-order valence-electron chi connectivity index (χ0n) is 18.9. The molecule has 2 heterocycles. The number of aromatic nitrogens is 1. The summed E-state index contributed by atoms with van der Waals surface area (Å²) in [5.41, 5.74) is 1.73. The molecule has 3 aromatic rings. The van der Waals surface area contributed by atoms with E-state index < -0.39 is 23.5 Å². The number of benzene rings is 2. The van der Waals surface area contributed by atoms with Crippen molar-refractivity contribution in [2.45, 2.75) is 19.9 Å². The molecule has 2 aromatic carbocycles. The van der Waals surface area contributed by atoms with E-state index in [1.807, 2.05) is 6.07 Å². The Kier molecular flexibility index (Phi) is 6.09. The van der Waals surface area contributed by atoms with Crippen LogP contribution in [0.25, 0.3) is 0 Å². The van der Waals surface area contributed by atoms with Crippen LogP contribution >= 0.6 is 11.3 Å². The maximum absolute atomic E-state index is 13.7. The second-order valence-corrected chi connectivity index (χ2v) is 8.76. The van der Waals surface area contributed by atoms with E-state index >= 15 is 0 Å². The van der Waals surface area contributed by atoms with E-state index in [-0.39, 0.29) is 5.57 Å². The number of amides is 1. The van der Waals surface area contributed by atoms with Gasteiger partial charge in [0, 0.05) is 11.3 Å². The van der Waals surface area contributed by atoms with Gasteiger partial charge in [-0.15, -0.1) is 11.3 Å². The van der Waals surface area contributed by atoms with Crippen molar-refractivity contribution in [3.8, 4) is 17.6 Å². The fourth-order valence-corrected chi connectivity index (χ4v) is 4.96. The summed E-state index contributed by atoms with van der Waals surface area (Å²) in [7, 11) is 2.95. The average molecular weight is 476 g/mol. The van der Waals surface area contributed by atoms with Crippen LogP contribution in [0.1, 0.15) is 37.5 Å². The molecule has 1 aliphatic heterocycles. The molecule has 0 bridgehead atoms. The Labute approximate surface area is 200 Å². The van der Waals surface area contributed by atoms with E-state index in [1.165, 1.54) is 30.5 Å². The van der Waals surface area contributed by atoms with E-state index in [1.54, 1.807) is 56.3 Å². The molecule has 1 N–H and O–H groups in total. The Balaban J connectivity index is 1.96. The van der Waals surface area contributed by atoms with Gasteiger partial charge in [-0.1, -0.05) is 12.1 Å². The quantitative estimate of drug-likeness (QED) is 0.525. The number of aliphatic hydroxyl groups excluding tert-OH is 1. The van der Waals surface area contributed by atoms with Crippen LogP contribution in [-0.4, -0.2) is 36.0 Å². The van der Waals surface area contributed by atoms with Gasteiger partial charge in [-0.25, -0.2) is 4.98 Å². The molecule has 9 heteroatoms. The summed E-state index contributed by atoms with van der Waals surface area (Å²) < 4.78 is 11.0. The number of hydrogen-bond acceptors (Lipinski definition) is 8. The number of nitrogens with zero attached hydrogens (tertiary/aromatic N) is 3. The van der Waals surface area contributed by atoms with Crippen LogP contribution in [0.15, 0.2) is 53.8 Å². The monoisotopic (exact) mass is 475 g/mol. The second-order valence-electron chi connectivity index (χ2n) is 7.56. The molecule has 0 radical (unpaired) electrons. The number of aryl methyl sites for hydroxylation is 2. The molecule has 1 unspecified atom stereocenters. The van der Waals surface area contributed by atoms with E-state index in [0.29, 0.717) is 43.9 Å². The van der Waals surface area contributed by atoms with Crippen LogP contribution in [0.4, 0.5) is 5.69 Å². The van der Waals surface area contributed by atoms with Crippen molar-refractivity contribution in [3.63, 3.8) is 0 Å². The Morgan fingerprint density at radius 3 is 2.41 bits per heavy atom. The molecule has 4 rings (SSSR count). The first-order valence-corrected chi connectivity index (χ1v) is 11.1. The van der Waals surface area contributed by atoms with Crippen LogP contribution in [0.3, 0.4) is 0 Å². The predicted molar refractivity (Wildman–Crippen MR) is 127 cm³/mol. The Bertz CT molecular complexity index is 1370. The van der Waals surface area contributed by atoms with Crippen molar-refractivity contribution < 1.29 is 24.2 Å². The smallest absolute Gasteiger partial charge is 0.294 e. The van der Waals surface area contributed by atoms with Gasteiger partial charge in [-0.05, 0) is 44.2 Å². The maximum Gasteiger partial charge on any atom is 0.294 e. The topological polar surface area (TPSA) is 113 Å². The summed E-state index contributed by atoms with van der Waals surface area (Å²) in [5, 5.41) is 20.8. The molecule has 0 spiro atoms. The highest BCUT2D eigenvalue weighted by Gasteiger charge is 2.46. The minimum absolute atomic E-state index is 0.0762. The largest absolute Gasteiger partial charge is 0.503 e. The molecular formula is C25H21N3O5S. The van der Waals surface area contributed by atoms with Crippen molar-refractivity contribution in [3.05, 3.63) is 80.5 Å². The molecule has 1 amide bonds. The van der Waals surface area contributed by atoms with Gasteiger partial charge in [0.1, 0.15) is 0 Å². The van der Waals surface area contributed by atoms with Gasteiger partial charge in [-0.2, -0.15) is 5.26 Å². The van der Waals surface area contributed by atoms with Crippen molar-refractivity contribution in [2.24, 2.45) is 0 Å². The first-order chi connectivity index (χ1) is 16.3. The molecular weight excluding hydrogens is 454 g/mol. The summed E-state index contributed by atoms with van der Waals surface area (Å²) in [6.45, 7) is 3.50. The van der Waals surface area contributed by atoms with Gasteiger partial charge in [0.2, 0.25) is 5.78 Å². The first-order valence-electron chi connectivity index (χ1n) is 10.3. The number of methoxy groups -OCH3 is 2. The lowest BCUT2D eigenvalue weighted by molar-refractivity contribution is -0.117. The fraction of sp³-hybridized carbons (Fsp3) is 0.200. The molecule has 0 saturated carbocycles. The van der Waals surface area contributed by atoms with Crippen LogP contribution < -0.4 is 14.4 Å². The van der Waals surface area contributed by atoms with Crippen LogP contribution in [0.5, 0.6) is 11.5 Å².